The minimum Gasteiger partial charge on any atom is -0.366 e. The number of rotatable bonds is 2. The maximum Gasteiger partial charge on any atom is 0.138 e. The Morgan fingerprint density at radius 1 is 1.50 bits per heavy atom. The molecule has 3 nitrogen and oxygen atoms in total. The van der Waals surface area contributed by atoms with Crippen LogP contribution in [-0.4, -0.2) is 16.0 Å². The highest BCUT2D eigenvalue weighted by molar-refractivity contribution is 7.16. The van der Waals surface area contributed by atoms with Gasteiger partial charge in [-0.15, -0.1) is 11.3 Å². The highest BCUT2D eigenvalue weighted by Gasteiger charge is 2.32. The predicted molar refractivity (Wildman–Crippen MR) is 58.6 cm³/mol. The van der Waals surface area contributed by atoms with Gasteiger partial charge in [-0.3, -0.25) is 0 Å². The zero-order valence-electron chi connectivity index (χ0n) is 7.90. The Morgan fingerprint density at radius 2 is 2.36 bits per heavy atom. The van der Waals surface area contributed by atoms with E-state index in [1.165, 1.54) is 6.42 Å². The van der Waals surface area contributed by atoms with Crippen LogP contribution in [0, 0.1) is 5.92 Å². The van der Waals surface area contributed by atoms with E-state index >= 15 is 0 Å². The van der Waals surface area contributed by atoms with Gasteiger partial charge in [0.1, 0.15) is 17.0 Å². The number of aromatic nitrogens is 2. The molecule has 2 heterocycles. The van der Waals surface area contributed by atoms with Crippen molar-refractivity contribution >= 4 is 27.4 Å². The minimum absolute atomic E-state index is 0.619. The number of nitrogens with one attached hydrogen (secondary N) is 1. The first-order valence-corrected chi connectivity index (χ1v) is 5.67. The van der Waals surface area contributed by atoms with Gasteiger partial charge >= 0.3 is 0 Å². The summed E-state index contributed by atoms with van der Waals surface area (Å²) in [6, 6.07) is 2.70. The van der Waals surface area contributed by atoms with Crippen LogP contribution in [0.3, 0.4) is 0 Å². The molecule has 4 heteroatoms. The second-order valence-electron chi connectivity index (χ2n) is 3.83. The molecule has 2 unspecified atom stereocenters. The summed E-state index contributed by atoms with van der Waals surface area (Å²) in [6.45, 7) is 2.25. The van der Waals surface area contributed by atoms with Gasteiger partial charge in [-0.2, -0.15) is 0 Å². The highest BCUT2D eigenvalue weighted by Crippen LogP contribution is 2.34. The van der Waals surface area contributed by atoms with Crippen molar-refractivity contribution in [2.45, 2.75) is 19.4 Å². The topological polar surface area (TPSA) is 37.8 Å². The number of nitrogens with zero attached hydrogens (tertiary/aromatic N) is 2. The molecule has 0 radical (unpaired) electrons. The van der Waals surface area contributed by atoms with Gasteiger partial charge in [0.05, 0.1) is 5.39 Å². The molecule has 0 spiro atoms. The van der Waals surface area contributed by atoms with Crippen LogP contribution >= 0.6 is 11.3 Å². The van der Waals surface area contributed by atoms with E-state index in [0.29, 0.717) is 6.04 Å². The Balaban J connectivity index is 1.98. The first-order chi connectivity index (χ1) is 6.84. The van der Waals surface area contributed by atoms with Crippen LogP contribution in [0.2, 0.25) is 0 Å². The Hall–Kier alpha value is -1.16. The summed E-state index contributed by atoms with van der Waals surface area (Å²) in [4.78, 5) is 9.56. The molecule has 1 aliphatic carbocycles. The summed E-state index contributed by atoms with van der Waals surface area (Å²) in [5.41, 5.74) is 0. The molecule has 0 aliphatic heterocycles. The van der Waals surface area contributed by atoms with Crippen molar-refractivity contribution in [1.29, 1.82) is 0 Å². The van der Waals surface area contributed by atoms with Gasteiger partial charge in [0.25, 0.3) is 0 Å². The van der Waals surface area contributed by atoms with Crippen LogP contribution in [0.1, 0.15) is 13.3 Å². The highest BCUT2D eigenvalue weighted by atomic mass is 32.1. The van der Waals surface area contributed by atoms with Gasteiger partial charge in [-0.1, -0.05) is 6.92 Å². The van der Waals surface area contributed by atoms with Crippen LogP contribution in [0.15, 0.2) is 17.8 Å². The molecule has 2 aromatic rings. The summed E-state index contributed by atoms with van der Waals surface area (Å²) in [7, 11) is 0. The average Bonchev–Trinajstić information content (AvgIpc) is 2.69. The molecule has 14 heavy (non-hydrogen) atoms. The molecule has 72 valence electrons. The number of hydrogen-bond donors (Lipinski definition) is 1. The van der Waals surface area contributed by atoms with E-state index in [-0.39, 0.29) is 0 Å². The molecule has 1 N–H and O–H groups in total. The molecular weight excluding hydrogens is 194 g/mol. The lowest BCUT2D eigenvalue weighted by Gasteiger charge is -2.03. The standard InChI is InChI=1S/C10H11N3S/c1-6-4-8(6)13-9-7-2-3-14-10(7)12-5-11-9/h2-3,5-6,8H,4H2,1H3,(H,11,12,13). The van der Waals surface area contributed by atoms with Crippen molar-refractivity contribution in [2.75, 3.05) is 5.32 Å². The quantitative estimate of drug-likeness (QED) is 0.818. The van der Waals surface area contributed by atoms with E-state index in [9.17, 15) is 0 Å². The van der Waals surface area contributed by atoms with Gasteiger partial charge in [-0.25, -0.2) is 9.97 Å². The van der Waals surface area contributed by atoms with Crippen LogP contribution < -0.4 is 5.32 Å². The maximum absolute atomic E-state index is 4.28. The number of anilines is 1. The molecule has 1 aliphatic rings. The van der Waals surface area contributed by atoms with E-state index in [2.05, 4.69) is 33.7 Å². The molecule has 1 fully saturated rings. The SMILES string of the molecule is CC1CC1Nc1ncnc2sccc12. The number of fused-ring (bicyclic) bond motifs is 1. The third-order valence-electron chi connectivity index (χ3n) is 2.69. The van der Waals surface area contributed by atoms with Crippen LogP contribution in [0.25, 0.3) is 10.2 Å². The minimum atomic E-state index is 0.619. The fourth-order valence-corrected chi connectivity index (χ4v) is 2.34. The Morgan fingerprint density at radius 3 is 3.14 bits per heavy atom. The van der Waals surface area contributed by atoms with E-state index in [1.807, 2.05) is 0 Å². The normalized spacial score (nSPS) is 25.2. The largest absolute Gasteiger partial charge is 0.366 e. The fourth-order valence-electron chi connectivity index (χ4n) is 1.60. The van der Waals surface area contributed by atoms with Crippen LogP contribution in [-0.2, 0) is 0 Å². The van der Waals surface area contributed by atoms with Crippen molar-refractivity contribution < 1.29 is 0 Å². The molecule has 0 bridgehead atoms. The molecule has 2 aromatic heterocycles. The average molecular weight is 205 g/mol. The maximum atomic E-state index is 4.28. The summed E-state index contributed by atoms with van der Waals surface area (Å²) in [5, 5.41) is 6.66. The molecule has 2 atom stereocenters. The van der Waals surface area contributed by atoms with Crippen LogP contribution in [0.5, 0.6) is 0 Å². The van der Waals surface area contributed by atoms with E-state index in [1.54, 1.807) is 17.7 Å². The Labute approximate surface area is 86.2 Å². The molecule has 0 amide bonds. The lowest BCUT2D eigenvalue weighted by atomic mass is 10.3. The molecule has 0 saturated heterocycles. The Kier molecular flexibility index (Phi) is 1.70. The van der Waals surface area contributed by atoms with Gasteiger partial charge in [0.15, 0.2) is 0 Å². The van der Waals surface area contributed by atoms with E-state index < -0.39 is 0 Å². The van der Waals surface area contributed by atoms with Crippen LogP contribution in [0.4, 0.5) is 5.82 Å². The first kappa shape index (κ1) is 8.17. The first-order valence-electron chi connectivity index (χ1n) is 4.79. The summed E-state index contributed by atoms with van der Waals surface area (Å²) in [6.07, 6.45) is 2.89. The van der Waals surface area contributed by atoms with Crippen molar-refractivity contribution in [3.63, 3.8) is 0 Å². The van der Waals surface area contributed by atoms with Crippen molar-refractivity contribution in [3.8, 4) is 0 Å². The third-order valence-corrected chi connectivity index (χ3v) is 3.51. The van der Waals surface area contributed by atoms with Gasteiger partial charge < -0.3 is 5.32 Å². The zero-order valence-corrected chi connectivity index (χ0v) is 8.71. The third kappa shape index (κ3) is 1.26. The van der Waals surface area contributed by atoms with Crippen molar-refractivity contribution in [1.82, 2.24) is 9.97 Å². The van der Waals surface area contributed by atoms with Gasteiger partial charge in [0, 0.05) is 6.04 Å². The smallest absolute Gasteiger partial charge is 0.138 e. The Bertz CT molecular complexity index is 465. The zero-order chi connectivity index (χ0) is 9.54. The number of hydrogen-bond acceptors (Lipinski definition) is 4. The lowest BCUT2D eigenvalue weighted by molar-refractivity contribution is 0.924. The van der Waals surface area contributed by atoms with Crippen molar-refractivity contribution in [2.24, 2.45) is 5.92 Å². The molecule has 1 saturated carbocycles. The monoisotopic (exact) mass is 205 g/mol. The molecular formula is C10H11N3S. The van der Waals surface area contributed by atoms with E-state index in [0.717, 1.165) is 22.0 Å². The van der Waals surface area contributed by atoms with Gasteiger partial charge in [-0.05, 0) is 23.8 Å². The van der Waals surface area contributed by atoms with Crippen molar-refractivity contribution in [3.05, 3.63) is 17.8 Å². The van der Waals surface area contributed by atoms with E-state index in [4.69, 9.17) is 0 Å². The van der Waals surface area contributed by atoms with Gasteiger partial charge in [0.2, 0.25) is 0 Å². The fraction of sp³-hybridized carbons (Fsp3) is 0.400. The molecule has 3 rings (SSSR count). The second-order valence-corrected chi connectivity index (χ2v) is 4.72. The second kappa shape index (κ2) is 2.92. The summed E-state index contributed by atoms with van der Waals surface area (Å²) in [5.74, 6) is 1.78. The summed E-state index contributed by atoms with van der Waals surface area (Å²) < 4.78 is 0. The number of thiophene rings is 1. The summed E-state index contributed by atoms with van der Waals surface area (Å²) >= 11 is 1.66. The lowest BCUT2D eigenvalue weighted by Crippen LogP contribution is -2.05. The molecule has 0 aromatic carbocycles. The predicted octanol–water partition coefficient (Wildman–Crippen LogP) is 2.51.